The van der Waals surface area contributed by atoms with Gasteiger partial charge >= 0.3 is 0 Å². The lowest BCUT2D eigenvalue weighted by molar-refractivity contribution is 0.580. The van der Waals surface area contributed by atoms with Crippen LogP contribution in [-0.4, -0.2) is 13.1 Å². The molecule has 0 unspecified atom stereocenters. The number of hydrogen-bond acceptors (Lipinski definition) is 8. The summed E-state index contributed by atoms with van der Waals surface area (Å²) in [6, 6.07) is 23.4. The normalized spacial score (nSPS) is 14.4. The molecule has 1 aliphatic rings. The van der Waals surface area contributed by atoms with Gasteiger partial charge in [0.2, 0.25) is 0 Å². The average molecular weight is 512 g/mol. The molecule has 9 heteroatoms. The van der Waals surface area contributed by atoms with Crippen molar-refractivity contribution in [3.8, 4) is 0 Å². The minimum atomic E-state index is -0.510. The number of azo groups is 3. The van der Waals surface area contributed by atoms with Crippen molar-refractivity contribution in [1.29, 1.82) is 0 Å². The molecule has 37 heavy (non-hydrogen) atoms. The van der Waals surface area contributed by atoms with Crippen LogP contribution >= 0.6 is 11.3 Å². The molecule has 186 valence electrons. The van der Waals surface area contributed by atoms with Crippen molar-refractivity contribution >= 4 is 49.8 Å². The number of piperidine rings is 1. The summed E-state index contributed by atoms with van der Waals surface area (Å²) < 4.78 is 14.6. The predicted molar refractivity (Wildman–Crippen MR) is 147 cm³/mol. The minimum Gasteiger partial charge on any atom is -0.363 e. The highest BCUT2D eigenvalue weighted by atomic mass is 32.1. The molecule has 0 atom stereocenters. The standard InChI is InChI=1S/C28H26FN7S/c1-20-5-7-21(8-6-20)30-31-22-9-11-23(12-10-22)32-34-26-14-13-24(19-25(26)29)33-35-27-15-16-28(37-27)36-17-3-2-4-18-36/h5-16,19H,2-4,17-18H2,1H3. The molecule has 0 amide bonds. The summed E-state index contributed by atoms with van der Waals surface area (Å²) in [4.78, 5) is 2.38. The van der Waals surface area contributed by atoms with Crippen molar-refractivity contribution in [2.24, 2.45) is 30.7 Å². The van der Waals surface area contributed by atoms with Gasteiger partial charge < -0.3 is 4.90 Å². The second-order valence-electron chi connectivity index (χ2n) is 8.75. The Morgan fingerprint density at radius 2 is 1.19 bits per heavy atom. The van der Waals surface area contributed by atoms with Crippen LogP contribution in [0.1, 0.15) is 24.8 Å². The topological polar surface area (TPSA) is 77.4 Å². The smallest absolute Gasteiger partial charge is 0.152 e. The second kappa shape index (κ2) is 11.7. The summed E-state index contributed by atoms with van der Waals surface area (Å²) >= 11 is 1.60. The summed E-state index contributed by atoms with van der Waals surface area (Å²) in [6.45, 7) is 4.19. The third kappa shape index (κ3) is 6.77. The van der Waals surface area contributed by atoms with E-state index in [0.29, 0.717) is 17.1 Å². The summed E-state index contributed by atoms with van der Waals surface area (Å²) in [7, 11) is 0. The molecule has 7 nitrogen and oxygen atoms in total. The highest BCUT2D eigenvalue weighted by Gasteiger charge is 2.13. The monoisotopic (exact) mass is 511 g/mol. The molecule has 0 spiro atoms. The number of aryl methyl sites for hydroxylation is 1. The SMILES string of the molecule is Cc1ccc(N=Nc2ccc(N=Nc3ccc(N=Nc4ccc(N5CCCCC5)s4)cc3F)cc2)cc1. The fourth-order valence-corrected chi connectivity index (χ4v) is 4.71. The van der Waals surface area contributed by atoms with Crippen LogP contribution in [0, 0.1) is 12.7 Å². The summed E-state index contributed by atoms with van der Waals surface area (Å²) in [6.07, 6.45) is 3.75. The van der Waals surface area contributed by atoms with Crippen molar-refractivity contribution < 1.29 is 4.39 Å². The Hall–Kier alpha value is -4.11. The zero-order valence-electron chi connectivity index (χ0n) is 20.5. The number of rotatable bonds is 7. The van der Waals surface area contributed by atoms with E-state index in [9.17, 15) is 4.39 Å². The first-order valence-electron chi connectivity index (χ1n) is 12.2. The van der Waals surface area contributed by atoms with Gasteiger partial charge in [-0.15, -0.1) is 15.3 Å². The molecule has 3 aromatic carbocycles. The van der Waals surface area contributed by atoms with Crippen LogP contribution in [0.15, 0.2) is 110 Å². The van der Waals surface area contributed by atoms with Gasteiger partial charge in [0.15, 0.2) is 5.82 Å². The van der Waals surface area contributed by atoms with E-state index in [1.807, 2.05) is 37.3 Å². The Labute approximate surface area is 219 Å². The molecule has 0 radical (unpaired) electrons. The maximum atomic E-state index is 14.6. The maximum Gasteiger partial charge on any atom is 0.152 e. The minimum absolute atomic E-state index is 0.130. The van der Waals surface area contributed by atoms with Crippen molar-refractivity contribution in [3.05, 3.63) is 90.2 Å². The van der Waals surface area contributed by atoms with Crippen LogP contribution in [0.25, 0.3) is 0 Å². The van der Waals surface area contributed by atoms with Crippen molar-refractivity contribution in [2.75, 3.05) is 18.0 Å². The molecule has 0 aliphatic carbocycles. The van der Waals surface area contributed by atoms with E-state index in [0.717, 1.165) is 23.8 Å². The van der Waals surface area contributed by atoms with Gasteiger partial charge in [0.25, 0.3) is 0 Å². The number of thiophene rings is 1. The van der Waals surface area contributed by atoms with Crippen LogP contribution in [0.4, 0.5) is 42.8 Å². The van der Waals surface area contributed by atoms with E-state index < -0.39 is 5.82 Å². The van der Waals surface area contributed by atoms with Crippen molar-refractivity contribution in [2.45, 2.75) is 26.2 Å². The molecule has 5 rings (SSSR count). The average Bonchev–Trinajstić information content (AvgIpc) is 3.41. The Morgan fingerprint density at radius 1 is 0.622 bits per heavy atom. The van der Waals surface area contributed by atoms with Crippen LogP contribution < -0.4 is 4.90 Å². The number of anilines is 1. The zero-order valence-corrected chi connectivity index (χ0v) is 21.3. The molecule has 1 aromatic heterocycles. The van der Waals surface area contributed by atoms with Gasteiger partial charge in [-0.05, 0) is 86.8 Å². The lowest BCUT2D eigenvalue weighted by Crippen LogP contribution is -2.28. The first-order valence-corrected chi connectivity index (χ1v) is 13.0. The van der Waals surface area contributed by atoms with E-state index in [-0.39, 0.29) is 5.69 Å². The fraction of sp³-hybridized carbons (Fsp3) is 0.214. The highest BCUT2D eigenvalue weighted by Crippen LogP contribution is 2.35. The molecule has 0 saturated carbocycles. The first-order chi connectivity index (χ1) is 18.1. The van der Waals surface area contributed by atoms with E-state index >= 15 is 0 Å². The van der Waals surface area contributed by atoms with Gasteiger partial charge in [-0.2, -0.15) is 15.3 Å². The Morgan fingerprint density at radius 3 is 1.84 bits per heavy atom. The number of benzene rings is 3. The molecular formula is C28H26FN7S. The Kier molecular flexibility index (Phi) is 7.81. The summed E-state index contributed by atoms with van der Waals surface area (Å²) in [5.74, 6) is -0.510. The Balaban J connectivity index is 1.19. The quantitative estimate of drug-likeness (QED) is 0.227. The lowest BCUT2D eigenvalue weighted by Gasteiger charge is -2.26. The lowest BCUT2D eigenvalue weighted by atomic mass is 10.1. The highest BCUT2D eigenvalue weighted by molar-refractivity contribution is 7.19. The first kappa shape index (κ1) is 24.6. The van der Waals surface area contributed by atoms with E-state index in [4.69, 9.17) is 0 Å². The van der Waals surface area contributed by atoms with E-state index in [2.05, 4.69) is 41.7 Å². The fourth-order valence-electron chi connectivity index (χ4n) is 3.83. The number of nitrogens with zero attached hydrogens (tertiary/aromatic N) is 7. The van der Waals surface area contributed by atoms with E-state index in [1.54, 1.807) is 47.7 Å². The van der Waals surface area contributed by atoms with Gasteiger partial charge in [0.05, 0.1) is 27.8 Å². The molecule has 4 aromatic rings. The third-order valence-corrected chi connectivity index (χ3v) is 6.91. The van der Waals surface area contributed by atoms with Crippen molar-refractivity contribution in [3.63, 3.8) is 0 Å². The molecule has 2 heterocycles. The molecule has 1 saturated heterocycles. The molecule has 0 bridgehead atoms. The van der Waals surface area contributed by atoms with Gasteiger partial charge in [-0.1, -0.05) is 29.0 Å². The summed E-state index contributed by atoms with van der Waals surface area (Å²) in [5.41, 5.74) is 3.78. The van der Waals surface area contributed by atoms with Crippen LogP contribution in [-0.2, 0) is 0 Å². The van der Waals surface area contributed by atoms with Gasteiger partial charge in [-0.25, -0.2) is 4.39 Å². The maximum absolute atomic E-state index is 14.6. The number of hydrogen-bond donors (Lipinski definition) is 0. The van der Waals surface area contributed by atoms with Gasteiger partial charge in [0, 0.05) is 19.2 Å². The molecular weight excluding hydrogens is 485 g/mol. The van der Waals surface area contributed by atoms with Crippen LogP contribution in [0.2, 0.25) is 0 Å². The van der Waals surface area contributed by atoms with Gasteiger partial charge in [0.1, 0.15) is 10.7 Å². The largest absolute Gasteiger partial charge is 0.363 e. The molecule has 0 N–H and O–H groups in total. The second-order valence-corrected chi connectivity index (χ2v) is 9.79. The van der Waals surface area contributed by atoms with Crippen LogP contribution in [0.5, 0.6) is 0 Å². The Bertz CT molecular complexity index is 1420. The molecule has 1 aliphatic heterocycles. The summed E-state index contributed by atoms with van der Waals surface area (Å²) in [5, 5.41) is 27.1. The predicted octanol–water partition coefficient (Wildman–Crippen LogP) is 10.4. The van der Waals surface area contributed by atoms with Crippen LogP contribution in [0.3, 0.4) is 0 Å². The van der Waals surface area contributed by atoms with Gasteiger partial charge in [-0.3, -0.25) is 0 Å². The zero-order chi connectivity index (χ0) is 25.5. The molecule has 1 fully saturated rings. The third-order valence-electron chi connectivity index (χ3n) is 5.88. The van der Waals surface area contributed by atoms with Crippen molar-refractivity contribution in [1.82, 2.24) is 0 Å². The van der Waals surface area contributed by atoms with E-state index in [1.165, 1.54) is 35.9 Å². The number of halogens is 1.